The Bertz CT molecular complexity index is 954. The van der Waals surface area contributed by atoms with Crippen LogP contribution in [0.15, 0.2) is 54.2 Å². The Labute approximate surface area is 124 Å². The van der Waals surface area contributed by atoms with Crippen LogP contribution in [-0.2, 0) is 0 Å². The van der Waals surface area contributed by atoms with Gasteiger partial charge in [0.25, 0.3) is 5.91 Å². The molecule has 0 radical (unpaired) electrons. The van der Waals surface area contributed by atoms with Gasteiger partial charge in [0.15, 0.2) is 0 Å². The van der Waals surface area contributed by atoms with Crippen LogP contribution in [0.5, 0.6) is 0 Å². The number of hydrogen-bond donors (Lipinski definition) is 2. The summed E-state index contributed by atoms with van der Waals surface area (Å²) in [5.74, 6) is -0.115. The lowest BCUT2D eigenvalue weighted by molar-refractivity contribution is 0.102. The van der Waals surface area contributed by atoms with E-state index < -0.39 is 0 Å². The van der Waals surface area contributed by atoms with Crippen LogP contribution in [0.1, 0.15) is 10.4 Å². The fraction of sp³-hybridized carbons (Fsp3) is 0. The van der Waals surface area contributed by atoms with Gasteiger partial charge in [-0.05, 0) is 41.8 Å². The molecule has 102 valence electrons. The van der Waals surface area contributed by atoms with E-state index in [1.165, 1.54) is 0 Å². The Hall–Kier alpha value is -2.66. The number of carbonyl (C=O) groups excluding carboxylic acids is 1. The van der Waals surface area contributed by atoms with Crippen molar-refractivity contribution >= 4 is 44.1 Å². The molecular weight excluding hydrogens is 282 g/mol. The van der Waals surface area contributed by atoms with E-state index in [0.29, 0.717) is 5.56 Å². The van der Waals surface area contributed by atoms with E-state index in [4.69, 9.17) is 0 Å². The number of aromatic nitrogens is 2. The lowest BCUT2D eigenvalue weighted by Gasteiger charge is -2.05. The number of carbonyl (C=O) groups is 1. The van der Waals surface area contributed by atoms with Crippen LogP contribution < -0.4 is 5.32 Å². The van der Waals surface area contributed by atoms with Crippen LogP contribution in [0.3, 0.4) is 0 Å². The topological polar surface area (TPSA) is 57.8 Å². The van der Waals surface area contributed by atoms with Crippen molar-refractivity contribution in [3.63, 3.8) is 0 Å². The molecule has 0 bridgehead atoms. The summed E-state index contributed by atoms with van der Waals surface area (Å²) in [6, 6.07) is 13.3. The molecule has 2 aromatic carbocycles. The van der Waals surface area contributed by atoms with Gasteiger partial charge in [0, 0.05) is 23.0 Å². The van der Waals surface area contributed by atoms with Crippen molar-refractivity contribution in [2.24, 2.45) is 0 Å². The Morgan fingerprint density at radius 3 is 3.05 bits per heavy atom. The highest BCUT2D eigenvalue weighted by atomic mass is 32.1. The number of benzene rings is 2. The molecule has 2 aromatic heterocycles. The Balaban J connectivity index is 1.64. The second-order valence-corrected chi connectivity index (χ2v) is 5.66. The van der Waals surface area contributed by atoms with Crippen LogP contribution in [0.4, 0.5) is 5.69 Å². The van der Waals surface area contributed by atoms with Gasteiger partial charge in [0.05, 0.1) is 15.7 Å². The Morgan fingerprint density at radius 2 is 2.10 bits per heavy atom. The van der Waals surface area contributed by atoms with Gasteiger partial charge >= 0.3 is 0 Å². The number of anilines is 1. The molecule has 0 aliphatic rings. The summed E-state index contributed by atoms with van der Waals surface area (Å²) >= 11 is 1.56. The van der Waals surface area contributed by atoms with E-state index >= 15 is 0 Å². The number of H-pyrrole nitrogens is 1. The van der Waals surface area contributed by atoms with Crippen molar-refractivity contribution in [1.82, 2.24) is 9.97 Å². The summed E-state index contributed by atoms with van der Waals surface area (Å²) in [5.41, 5.74) is 5.12. The van der Waals surface area contributed by atoms with Crippen LogP contribution in [0.2, 0.25) is 0 Å². The molecular formula is C16H11N3OS. The molecule has 0 unspecified atom stereocenters. The van der Waals surface area contributed by atoms with Gasteiger partial charge in [0.2, 0.25) is 0 Å². The average Bonchev–Trinajstić information content (AvgIpc) is 3.14. The van der Waals surface area contributed by atoms with Crippen molar-refractivity contribution < 1.29 is 4.79 Å². The maximum Gasteiger partial charge on any atom is 0.255 e. The van der Waals surface area contributed by atoms with Gasteiger partial charge in [-0.25, -0.2) is 4.98 Å². The van der Waals surface area contributed by atoms with Crippen molar-refractivity contribution in [1.29, 1.82) is 0 Å². The molecule has 4 nitrogen and oxygen atoms in total. The standard InChI is InChI=1S/C16H11N3OS/c20-16(11-2-1-10-5-6-17-14(10)7-11)19-12-3-4-13-15(8-12)21-9-18-13/h1-9,17H,(H,19,20). The first-order valence-electron chi connectivity index (χ1n) is 6.51. The molecule has 0 aliphatic heterocycles. The zero-order valence-corrected chi connectivity index (χ0v) is 11.8. The average molecular weight is 293 g/mol. The zero-order chi connectivity index (χ0) is 14.2. The number of nitrogens with one attached hydrogen (secondary N) is 2. The van der Waals surface area contributed by atoms with Gasteiger partial charge < -0.3 is 10.3 Å². The van der Waals surface area contributed by atoms with Gasteiger partial charge in [-0.3, -0.25) is 4.79 Å². The predicted octanol–water partition coefficient (Wildman–Crippen LogP) is 4.03. The van der Waals surface area contributed by atoms with Crippen LogP contribution in [-0.4, -0.2) is 15.9 Å². The quantitative estimate of drug-likeness (QED) is 0.586. The molecule has 0 saturated carbocycles. The highest BCUT2D eigenvalue weighted by Crippen LogP contribution is 2.22. The van der Waals surface area contributed by atoms with Gasteiger partial charge in [-0.1, -0.05) is 6.07 Å². The van der Waals surface area contributed by atoms with Crippen molar-refractivity contribution in [3.05, 3.63) is 59.7 Å². The highest BCUT2D eigenvalue weighted by Gasteiger charge is 2.08. The van der Waals surface area contributed by atoms with Crippen molar-refractivity contribution in [2.45, 2.75) is 0 Å². The molecule has 21 heavy (non-hydrogen) atoms. The fourth-order valence-electron chi connectivity index (χ4n) is 2.33. The fourth-order valence-corrected chi connectivity index (χ4v) is 3.04. The van der Waals surface area contributed by atoms with E-state index in [9.17, 15) is 4.79 Å². The molecule has 0 aliphatic carbocycles. The minimum atomic E-state index is -0.115. The first-order chi connectivity index (χ1) is 10.3. The number of amides is 1. The number of hydrogen-bond acceptors (Lipinski definition) is 3. The minimum Gasteiger partial charge on any atom is -0.361 e. The largest absolute Gasteiger partial charge is 0.361 e. The first kappa shape index (κ1) is 12.1. The normalized spacial score (nSPS) is 11.0. The van der Waals surface area contributed by atoms with E-state index in [0.717, 1.165) is 26.8 Å². The lowest BCUT2D eigenvalue weighted by atomic mass is 10.1. The van der Waals surface area contributed by atoms with Gasteiger partial charge in [0.1, 0.15) is 0 Å². The zero-order valence-electron chi connectivity index (χ0n) is 11.0. The maximum absolute atomic E-state index is 12.3. The lowest BCUT2D eigenvalue weighted by Crippen LogP contribution is -2.11. The molecule has 2 N–H and O–H groups in total. The Morgan fingerprint density at radius 1 is 1.14 bits per heavy atom. The number of thiazole rings is 1. The van der Waals surface area contributed by atoms with Crippen LogP contribution in [0, 0.1) is 0 Å². The van der Waals surface area contributed by atoms with Gasteiger partial charge in [-0.15, -0.1) is 11.3 Å². The summed E-state index contributed by atoms with van der Waals surface area (Å²) in [4.78, 5) is 19.7. The molecule has 2 heterocycles. The van der Waals surface area contributed by atoms with Gasteiger partial charge in [-0.2, -0.15) is 0 Å². The molecule has 0 saturated heterocycles. The number of nitrogens with zero attached hydrogens (tertiary/aromatic N) is 1. The Kier molecular flexibility index (Phi) is 2.72. The first-order valence-corrected chi connectivity index (χ1v) is 7.39. The van der Waals surface area contributed by atoms with Crippen LogP contribution in [0.25, 0.3) is 21.1 Å². The van der Waals surface area contributed by atoms with E-state index in [1.54, 1.807) is 16.8 Å². The second kappa shape index (κ2) is 4.71. The van der Waals surface area contributed by atoms with Crippen LogP contribution >= 0.6 is 11.3 Å². The molecule has 0 atom stereocenters. The van der Waals surface area contributed by atoms with E-state index in [-0.39, 0.29) is 5.91 Å². The van der Waals surface area contributed by atoms with Crippen molar-refractivity contribution in [2.75, 3.05) is 5.32 Å². The van der Waals surface area contributed by atoms with E-state index in [1.807, 2.05) is 48.7 Å². The number of rotatable bonds is 2. The maximum atomic E-state index is 12.3. The van der Waals surface area contributed by atoms with E-state index in [2.05, 4.69) is 15.3 Å². The summed E-state index contributed by atoms with van der Waals surface area (Å²) in [5, 5.41) is 4.02. The summed E-state index contributed by atoms with van der Waals surface area (Å²) in [6.45, 7) is 0. The third-order valence-corrected chi connectivity index (χ3v) is 4.20. The number of aromatic amines is 1. The number of fused-ring (bicyclic) bond motifs is 2. The summed E-state index contributed by atoms with van der Waals surface area (Å²) < 4.78 is 1.06. The smallest absolute Gasteiger partial charge is 0.255 e. The van der Waals surface area contributed by atoms with Crippen molar-refractivity contribution in [3.8, 4) is 0 Å². The highest BCUT2D eigenvalue weighted by molar-refractivity contribution is 7.16. The molecule has 1 amide bonds. The molecule has 5 heteroatoms. The second-order valence-electron chi connectivity index (χ2n) is 4.77. The minimum absolute atomic E-state index is 0.115. The molecule has 4 rings (SSSR count). The summed E-state index contributed by atoms with van der Waals surface area (Å²) in [7, 11) is 0. The monoisotopic (exact) mass is 293 g/mol. The SMILES string of the molecule is O=C(Nc1ccc2ncsc2c1)c1ccc2cc[nH]c2c1. The molecule has 0 spiro atoms. The summed E-state index contributed by atoms with van der Waals surface area (Å²) in [6.07, 6.45) is 1.87. The third-order valence-electron chi connectivity index (χ3n) is 3.41. The predicted molar refractivity (Wildman–Crippen MR) is 85.9 cm³/mol. The third kappa shape index (κ3) is 2.17. The molecule has 4 aromatic rings. The molecule has 0 fully saturated rings.